The summed E-state index contributed by atoms with van der Waals surface area (Å²) >= 11 is 11.8. The van der Waals surface area contributed by atoms with E-state index in [1.165, 1.54) is 6.07 Å². The quantitative estimate of drug-likeness (QED) is 0.845. The van der Waals surface area contributed by atoms with Crippen molar-refractivity contribution >= 4 is 23.2 Å². The first-order valence-electron chi connectivity index (χ1n) is 6.06. The topological polar surface area (TPSA) is 12.0 Å². The molecule has 0 spiro atoms. The predicted octanol–water partition coefficient (Wildman–Crippen LogP) is 4.91. The van der Waals surface area contributed by atoms with Gasteiger partial charge in [0.05, 0.1) is 0 Å². The van der Waals surface area contributed by atoms with E-state index >= 15 is 0 Å². The molecule has 0 aliphatic heterocycles. The highest BCUT2D eigenvalue weighted by molar-refractivity contribution is 6.31. The zero-order chi connectivity index (χ0) is 13.8. The van der Waals surface area contributed by atoms with Crippen LogP contribution in [0.2, 0.25) is 10.0 Å². The molecule has 0 amide bonds. The van der Waals surface area contributed by atoms with Gasteiger partial charge in [0.1, 0.15) is 5.82 Å². The van der Waals surface area contributed by atoms with Crippen molar-refractivity contribution in [2.45, 2.75) is 13.5 Å². The third-order valence-corrected chi connectivity index (χ3v) is 3.33. The molecule has 2 aromatic rings. The van der Waals surface area contributed by atoms with Crippen LogP contribution in [-0.4, -0.2) is 6.54 Å². The fourth-order valence-electron chi connectivity index (χ4n) is 1.92. The van der Waals surface area contributed by atoms with Gasteiger partial charge in [0.25, 0.3) is 0 Å². The Labute approximate surface area is 122 Å². The van der Waals surface area contributed by atoms with E-state index in [4.69, 9.17) is 23.2 Å². The third kappa shape index (κ3) is 3.47. The van der Waals surface area contributed by atoms with E-state index in [0.717, 1.165) is 17.7 Å². The van der Waals surface area contributed by atoms with Gasteiger partial charge in [0.2, 0.25) is 0 Å². The second-order valence-electron chi connectivity index (χ2n) is 4.21. The summed E-state index contributed by atoms with van der Waals surface area (Å²) in [6.07, 6.45) is 0. The van der Waals surface area contributed by atoms with Crippen molar-refractivity contribution in [1.82, 2.24) is 5.32 Å². The fraction of sp³-hybridized carbons (Fsp3) is 0.200. The number of benzene rings is 2. The molecule has 0 bridgehead atoms. The standard InChI is InChI=1S/C15H14Cl2FN/c1-2-19-9-10-3-4-11(16)7-14(10)13-6-5-12(17)8-15(13)18/h3-8,19H,2,9H2,1H3. The second-order valence-corrected chi connectivity index (χ2v) is 5.08. The minimum absolute atomic E-state index is 0.340. The van der Waals surface area contributed by atoms with Gasteiger partial charge in [-0.3, -0.25) is 0 Å². The highest BCUT2D eigenvalue weighted by atomic mass is 35.5. The van der Waals surface area contributed by atoms with Gasteiger partial charge in [-0.25, -0.2) is 4.39 Å². The Hall–Kier alpha value is -1.09. The molecule has 0 heterocycles. The van der Waals surface area contributed by atoms with Crippen LogP contribution in [-0.2, 0) is 6.54 Å². The molecule has 0 aromatic heterocycles. The summed E-state index contributed by atoms with van der Waals surface area (Å²) < 4.78 is 14.0. The Bertz CT molecular complexity index is 584. The van der Waals surface area contributed by atoms with E-state index in [-0.39, 0.29) is 5.82 Å². The Morgan fingerprint density at radius 1 is 1.00 bits per heavy atom. The average Bonchev–Trinajstić information content (AvgIpc) is 2.37. The molecule has 4 heteroatoms. The monoisotopic (exact) mass is 297 g/mol. The molecule has 0 radical (unpaired) electrons. The van der Waals surface area contributed by atoms with Crippen LogP contribution in [0.1, 0.15) is 12.5 Å². The summed E-state index contributed by atoms with van der Waals surface area (Å²) in [6.45, 7) is 3.55. The molecule has 1 nitrogen and oxygen atoms in total. The third-order valence-electron chi connectivity index (χ3n) is 2.86. The molecular formula is C15H14Cl2FN. The van der Waals surface area contributed by atoms with Gasteiger partial charge in [-0.05, 0) is 48.0 Å². The molecule has 0 aliphatic carbocycles. The average molecular weight is 298 g/mol. The maximum absolute atomic E-state index is 14.0. The number of rotatable bonds is 4. The van der Waals surface area contributed by atoms with Crippen molar-refractivity contribution in [3.63, 3.8) is 0 Å². The minimum atomic E-state index is -0.340. The van der Waals surface area contributed by atoms with E-state index < -0.39 is 0 Å². The van der Waals surface area contributed by atoms with Gasteiger partial charge in [-0.15, -0.1) is 0 Å². The summed E-state index contributed by atoms with van der Waals surface area (Å²) in [5, 5.41) is 4.21. The number of hydrogen-bond acceptors (Lipinski definition) is 1. The first kappa shape index (κ1) is 14.3. The molecular weight excluding hydrogens is 284 g/mol. The SMILES string of the molecule is CCNCc1ccc(Cl)cc1-c1ccc(Cl)cc1F. The zero-order valence-corrected chi connectivity index (χ0v) is 12.0. The molecule has 0 saturated carbocycles. The molecule has 19 heavy (non-hydrogen) atoms. The maximum atomic E-state index is 14.0. The van der Waals surface area contributed by atoms with E-state index in [2.05, 4.69) is 5.32 Å². The van der Waals surface area contributed by atoms with E-state index in [1.54, 1.807) is 18.2 Å². The summed E-state index contributed by atoms with van der Waals surface area (Å²) in [7, 11) is 0. The van der Waals surface area contributed by atoms with Crippen LogP contribution in [0, 0.1) is 5.82 Å². The smallest absolute Gasteiger partial charge is 0.132 e. The molecule has 0 unspecified atom stereocenters. The van der Waals surface area contributed by atoms with Gasteiger partial charge in [-0.1, -0.05) is 36.2 Å². The molecule has 0 saturated heterocycles. The van der Waals surface area contributed by atoms with E-state index in [0.29, 0.717) is 22.2 Å². The van der Waals surface area contributed by atoms with Gasteiger partial charge < -0.3 is 5.32 Å². The van der Waals surface area contributed by atoms with Gasteiger partial charge in [0, 0.05) is 22.2 Å². The first-order valence-corrected chi connectivity index (χ1v) is 6.82. The molecule has 100 valence electrons. The van der Waals surface area contributed by atoms with Crippen molar-refractivity contribution in [3.8, 4) is 11.1 Å². The van der Waals surface area contributed by atoms with Gasteiger partial charge in [0.15, 0.2) is 0 Å². The normalized spacial score (nSPS) is 10.7. The number of hydrogen-bond donors (Lipinski definition) is 1. The molecule has 2 aromatic carbocycles. The van der Waals surface area contributed by atoms with Crippen LogP contribution in [0.4, 0.5) is 4.39 Å². The summed E-state index contributed by atoms with van der Waals surface area (Å²) in [5.41, 5.74) is 2.31. The Morgan fingerprint density at radius 2 is 1.68 bits per heavy atom. The Kier molecular flexibility index (Phi) is 4.81. The lowest BCUT2D eigenvalue weighted by atomic mass is 9.99. The number of nitrogens with one attached hydrogen (secondary N) is 1. The van der Waals surface area contributed by atoms with Crippen LogP contribution in [0.25, 0.3) is 11.1 Å². The highest BCUT2D eigenvalue weighted by Crippen LogP contribution is 2.30. The van der Waals surface area contributed by atoms with Crippen LogP contribution >= 0.6 is 23.2 Å². The zero-order valence-electron chi connectivity index (χ0n) is 10.5. The predicted molar refractivity (Wildman–Crippen MR) is 79.2 cm³/mol. The van der Waals surface area contributed by atoms with E-state index in [1.807, 2.05) is 19.1 Å². The lowest BCUT2D eigenvalue weighted by molar-refractivity contribution is 0.631. The van der Waals surface area contributed by atoms with Gasteiger partial charge >= 0.3 is 0 Å². The summed E-state index contributed by atoms with van der Waals surface area (Å²) in [5.74, 6) is -0.340. The molecule has 0 aliphatic rings. The lowest BCUT2D eigenvalue weighted by Gasteiger charge is -2.12. The second kappa shape index (κ2) is 6.38. The van der Waals surface area contributed by atoms with Crippen molar-refractivity contribution in [2.24, 2.45) is 0 Å². The van der Waals surface area contributed by atoms with E-state index in [9.17, 15) is 4.39 Å². The fourth-order valence-corrected chi connectivity index (χ4v) is 2.25. The summed E-state index contributed by atoms with van der Waals surface area (Å²) in [6, 6.07) is 10.2. The molecule has 2 rings (SSSR count). The van der Waals surface area contributed by atoms with Crippen LogP contribution in [0.5, 0.6) is 0 Å². The maximum Gasteiger partial charge on any atom is 0.132 e. The first-order chi connectivity index (χ1) is 9.11. The molecule has 0 atom stereocenters. The van der Waals surface area contributed by atoms with Crippen LogP contribution in [0.15, 0.2) is 36.4 Å². The van der Waals surface area contributed by atoms with Crippen LogP contribution in [0.3, 0.4) is 0 Å². The highest BCUT2D eigenvalue weighted by Gasteiger charge is 2.11. The van der Waals surface area contributed by atoms with Crippen molar-refractivity contribution < 1.29 is 4.39 Å². The van der Waals surface area contributed by atoms with Crippen molar-refractivity contribution in [1.29, 1.82) is 0 Å². The van der Waals surface area contributed by atoms with Crippen LogP contribution < -0.4 is 5.32 Å². The van der Waals surface area contributed by atoms with Crippen molar-refractivity contribution in [2.75, 3.05) is 6.54 Å². The largest absolute Gasteiger partial charge is 0.313 e. The molecule has 1 N–H and O–H groups in total. The number of halogens is 3. The van der Waals surface area contributed by atoms with Gasteiger partial charge in [-0.2, -0.15) is 0 Å². The summed E-state index contributed by atoms with van der Waals surface area (Å²) in [4.78, 5) is 0. The minimum Gasteiger partial charge on any atom is -0.313 e. The van der Waals surface area contributed by atoms with Crippen molar-refractivity contribution in [3.05, 3.63) is 57.8 Å². The molecule has 0 fully saturated rings. The Morgan fingerprint density at radius 3 is 2.37 bits per heavy atom. The lowest BCUT2D eigenvalue weighted by Crippen LogP contribution is -2.12. The Balaban J connectivity index is 2.49.